The number of ether oxygens (including phenoxy) is 2. The van der Waals surface area contributed by atoms with Crippen LogP contribution < -0.4 is 0 Å². The molecule has 1 aromatic rings. The van der Waals surface area contributed by atoms with Crippen molar-refractivity contribution >= 4 is 27.5 Å². The van der Waals surface area contributed by atoms with Crippen LogP contribution in [0.5, 0.6) is 0 Å². The molecule has 0 saturated carbocycles. The highest BCUT2D eigenvalue weighted by Crippen LogP contribution is 2.33. The molecule has 2 nitrogen and oxygen atoms in total. The molecule has 76 valence electrons. The number of hydrogen-bond acceptors (Lipinski definition) is 2. The first-order chi connectivity index (χ1) is 6.68. The van der Waals surface area contributed by atoms with Crippen molar-refractivity contribution in [2.24, 2.45) is 0 Å². The molecule has 1 fully saturated rings. The third kappa shape index (κ3) is 1.93. The summed E-state index contributed by atoms with van der Waals surface area (Å²) in [7, 11) is 0. The van der Waals surface area contributed by atoms with Crippen LogP contribution in [-0.2, 0) is 9.47 Å². The zero-order chi connectivity index (χ0) is 10.1. The molecule has 14 heavy (non-hydrogen) atoms. The van der Waals surface area contributed by atoms with Gasteiger partial charge >= 0.3 is 0 Å². The lowest BCUT2D eigenvalue weighted by Gasteiger charge is -2.11. The van der Waals surface area contributed by atoms with Gasteiger partial charge in [-0.25, -0.2) is 4.39 Å². The lowest BCUT2D eigenvalue weighted by atomic mass is 10.2. The minimum absolute atomic E-state index is 0.317. The Labute approximate surface area is 94.1 Å². The van der Waals surface area contributed by atoms with Gasteiger partial charge in [-0.3, -0.25) is 0 Å². The third-order valence-electron chi connectivity index (χ3n) is 1.92. The molecule has 1 heterocycles. The minimum atomic E-state index is -0.473. The Morgan fingerprint density at radius 3 is 2.64 bits per heavy atom. The first-order valence-electron chi connectivity index (χ1n) is 4.06. The molecule has 1 aromatic carbocycles. The number of rotatable bonds is 1. The molecule has 5 heteroatoms. The highest BCUT2D eigenvalue weighted by Gasteiger charge is 2.22. The van der Waals surface area contributed by atoms with Crippen LogP contribution >= 0.6 is 27.5 Å². The van der Waals surface area contributed by atoms with E-state index in [9.17, 15) is 4.39 Å². The van der Waals surface area contributed by atoms with Gasteiger partial charge in [-0.1, -0.05) is 11.6 Å². The predicted octanol–water partition coefficient (Wildman–Crippen LogP) is 3.29. The quantitative estimate of drug-likeness (QED) is 0.736. The molecule has 0 amide bonds. The SMILES string of the molecule is Fc1cc(Cl)c(C2OCCO2)cc1Br. The number of benzene rings is 1. The topological polar surface area (TPSA) is 18.5 Å². The molecule has 0 unspecified atom stereocenters. The second kappa shape index (κ2) is 4.14. The highest BCUT2D eigenvalue weighted by atomic mass is 79.9. The smallest absolute Gasteiger partial charge is 0.185 e. The summed E-state index contributed by atoms with van der Waals surface area (Å²) in [5.41, 5.74) is 0.650. The molecule has 0 radical (unpaired) electrons. The Bertz CT molecular complexity index is 353. The van der Waals surface area contributed by atoms with Crippen molar-refractivity contribution in [3.63, 3.8) is 0 Å². The van der Waals surface area contributed by atoms with E-state index in [4.69, 9.17) is 21.1 Å². The van der Waals surface area contributed by atoms with Gasteiger partial charge in [0.15, 0.2) is 6.29 Å². The standard InChI is InChI=1S/C9H7BrClFO2/c10-6-3-5(7(11)4-8(6)12)9-13-1-2-14-9/h3-4,9H,1-2H2. The van der Waals surface area contributed by atoms with Gasteiger partial charge in [0.2, 0.25) is 0 Å². The van der Waals surface area contributed by atoms with Crippen LogP contribution in [0.4, 0.5) is 4.39 Å². The molecular weight excluding hydrogens is 274 g/mol. The van der Waals surface area contributed by atoms with Crippen LogP contribution in [0.1, 0.15) is 11.9 Å². The molecule has 1 aliphatic heterocycles. The van der Waals surface area contributed by atoms with Gasteiger partial charge in [-0.2, -0.15) is 0 Å². The van der Waals surface area contributed by atoms with Gasteiger partial charge in [-0.05, 0) is 28.1 Å². The van der Waals surface area contributed by atoms with Crippen molar-refractivity contribution in [1.82, 2.24) is 0 Å². The second-order valence-corrected chi connectivity index (χ2v) is 4.12. The molecule has 0 spiro atoms. The summed E-state index contributed by atoms with van der Waals surface area (Å²) >= 11 is 8.94. The Morgan fingerprint density at radius 2 is 2.00 bits per heavy atom. The minimum Gasteiger partial charge on any atom is -0.346 e. The fourth-order valence-corrected chi connectivity index (χ4v) is 1.86. The molecule has 0 N–H and O–H groups in total. The summed E-state index contributed by atoms with van der Waals surface area (Å²) in [4.78, 5) is 0. The van der Waals surface area contributed by atoms with Crippen LogP contribution in [0.3, 0.4) is 0 Å². The van der Waals surface area contributed by atoms with E-state index >= 15 is 0 Å². The summed E-state index contributed by atoms with van der Waals surface area (Å²) in [5, 5.41) is 0.317. The Balaban J connectivity index is 2.37. The van der Waals surface area contributed by atoms with Gasteiger partial charge in [0, 0.05) is 5.56 Å². The van der Waals surface area contributed by atoms with E-state index in [1.54, 1.807) is 6.07 Å². The molecule has 0 aliphatic carbocycles. The highest BCUT2D eigenvalue weighted by molar-refractivity contribution is 9.10. The fraction of sp³-hybridized carbons (Fsp3) is 0.333. The number of halogens is 3. The zero-order valence-corrected chi connectivity index (χ0v) is 9.44. The van der Waals surface area contributed by atoms with E-state index in [2.05, 4.69) is 15.9 Å². The lowest BCUT2D eigenvalue weighted by molar-refractivity contribution is -0.0441. The van der Waals surface area contributed by atoms with Crippen LogP contribution in [0.2, 0.25) is 5.02 Å². The Hall–Kier alpha value is -0.160. The van der Waals surface area contributed by atoms with Crippen LogP contribution in [0.15, 0.2) is 16.6 Å². The van der Waals surface area contributed by atoms with Gasteiger partial charge in [-0.15, -0.1) is 0 Å². The zero-order valence-electron chi connectivity index (χ0n) is 7.10. The monoisotopic (exact) mass is 280 g/mol. The van der Waals surface area contributed by atoms with Gasteiger partial charge in [0.25, 0.3) is 0 Å². The van der Waals surface area contributed by atoms with E-state index < -0.39 is 12.1 Å². The summed E-state index contributed by atoms with van der Waals surface area (Å²) < 4.78 is 23.9. The summed E-state index contributed by atoms with van der Waals surface area (Å²) in [6.45, 7) is 1.08. The average Bonchev–Trinajstić information content (AvgIpc) is 2.64. The summed E-state index contributed by atoms with van der Waals surface area (Å²) in [5.74, 6) is -0.392. The lowest BCUT2D eigenvalue weighted by Crippen LogP contribution is -1.99. The van der Waals surface area contributed by atoms with Crippen LogP contribution in [0.25, 0.3) is 0 Å². The number of hydrogen-bond donors (Lipinski definition) is 0. The molecule has 0 bridgehead atoms. The molecule has 0 aromatic heterocycles. The van der Waals surface area contributed by atoms with Crippen molar-refractivity contribution in [2.45, 2.75) is 6.29 Å². The van der Waals surface area contributed by atoms with Gasteiger partial charge in [0.1, 0.15) is 5.82 Å². The van der Waals surface area contributed by atoms with Crippen molar-refractivity contribution in [2.75, 3.05) is 13.2 Å². The van der Waals surface area contributed by atoms with Crippen molar-refractivity contribution in [1.29, 1.82) is 0 Å². The first kappa shape index (κ1) is 10.4. The summed E-state index contributed by atoms with van der Waals surface area (Å²) in [6.07, 6.45) is -0.473. The molecule has 1 saturated heterocycles. The maximum atomic E-state index is 13.0. The van der Waals surface area contributed by atoms with E-state index in [1.165, 1.54) is 6.07 Å². The second-order valence-electron chi connectivity index (χ2n) is 2.86. The molecule has 0 atom stereocenters. The maximum Gasteiger partial charge on any atom is 0.185 e. The molecular formula is C9H7BrClFO2. The van der Waals surface area contributed by atoms with E-state index in [0.29, 0.717) is 28.3 Å². The van der Waals surface area contributed by atoms with Crippen molar-refractivity contribution in [3.05, 3.63) is 33.0 Å². The Kier molecular flexibility index (Phi) is 3.07. The van der Waals surface area contributed by atoms with Crippen molar-refractivity contribution < 1.29 is 13.9 Å². The molecule has 1 aliphatic rings. The van der Waals surface area contributed by atoms with Crippen LogP contribution in [-0.4, -0.2) is 13.2 Å². The summed E-state index contributed by atoms with van der Waals surface area (Å²) in [6, 6.07) is 2.82. The largest absolute Gasteiger partial charge is 0.346 e. The Morgan fingerprint density at radius 1 is 1.36 bits per heavy atom. The average molecular weight is 282 g/mol. The fourth-order valence-electron chi connectivity index (χ4n) is 1.26. The van der Waals surface area contributed by atoms with Gasteiger partial charge < -0.3 is 9.47 Å². The van der Waals surface area contributed by atoms with E-state index in [1.807, 2.05) is 0 Å². The maximum absolute atomic E-state index is 13.0. The third-order valence-corrected chi connectivity index (χ3v) is 2.85. The predicted molar refractivity (Wildman–Crippen MR) is 53.8 cm³/mol. The van der Waals surface area contributed by atoms with E-state index in [0.717, 1.165) is 0 Å². The normalized spacial score (nSPS) is 17.6. The van der Waals surface area contributed by atoms with Crippen molar-refractivity contribution in [3.8, 4) is 0 Å². The van der Waals surface area contributed by atoms with Crippen LogP contribution in [0, 0.1) is 5.82 Å². The molecule has 2 rings (SSSR count). The van der Waals surface area contributed by atoms with Gasteiger partial charge in [0.05, 0.1) is 22.7 Å². The van der Waals surface area contributed by atoms with E-state index in [-0.39, 0.29) is 0 Å². The first-order valence-corrected chi connectivity index (χ1v) is 5.23.